The summed E-state index contributed by atoms with van der Waals surface area (Å²) in [6, 6.07) is 8.63. The molecule has 0 aliphatic carbocycles. The number of aryl methyl sites for hydroxylation is 1. The zero-order chi connectivity index (χ0) is 22.8. The van der Waals surface area contributed by atoms with Gasteiger partial charge in [0.1, 0.15) is 0 Å². The van der Waals surface area contributed by atoms with Gasteiger partial charge in [0.25, 0.3) is 0 Å². The van der Waals surface area contributed by atoms with Crippen LogP contribution in [0.5, 0.6) is 0 Å². The molecule has 1 aliphatic rings. The molecule has 2 aromatic carbocycles. The summed E-state index contributed by atoms with van der Waals surface area (Å²) in [5.41, 5.74) is 0.637. The summed E-state index contributed by atoms with van der Waals surface area (Å²) < 4.78 is 71.5. The lowest BCUT2D eigenvalue weighted by Gasteiger charge is -2.23. The molecule has 31 heavy (non-hydrogen) atoms. The number of hydrogen-bond donors (Lipinski definition) is 0. The van der Waals surface area contributed by atoms with Crippen molar-refractivity contribution in [3.63, 3.8) is 0 Å². The van der Waals surface area contributed by atoms with Gasteiger partial charge in [-0.05, 0) is 42.2 Å². The highest BCUT2D eigenvalue weighted by Gasteiger charge is 2.44. The lowest BCUT2D eigenvalue weighted by atomic mass is 10.0. The Morgan fingerprint density at radius 1 is 1.13 bits per heavy atom. The van der Waals surface area contributed by atoms with Crippen molar-refractivity contribution in [2.45, 2.75) is 56.8 Å². The molecule has 0 saturated heterocycles. The first-order valence-electron chi connectivity index (χ1n) is 9.98. The van der Waals surface area contributed by atoms with E-state index >= 15 is 0 Å². The Morgan fingerprint density at radius 3 is 2.42 bits per heavy atom. The Kier molecular flexibility index (Phi) is 6.76. The van der Waals surface area contributed by atoms with Gasteiger partial charge < -0.3 is 4.74 Å². The van der Waals surface area contributed by atoms with Gasteiger partial charge in [0.2, 0.25) is 10.0 Å². The quantitative estimate of drug-likeness (QED) is 0.436. The summed E-state index contributed by atoms with van der Waals surface area (Å²) in [7, 11) is -3.93. The van der Waals surface area contributed by atoms with Crippen molar-refractivity contribution >= 4 is 16.0 Å². The molecule has 0 fully saturated rings. The minimum absolute atomic E-state index is 0.147. The molecule has 0 spiro atoms. The van der Waals surface area contributed by atoms with Crippen LogP contribution in [0.2, 0.25) is 0 Å². The van der Waals surface area contributed by atoms with E-state index in [-0.39, 0.29) is 24.5 Å². The van der Waals surface area contributed by atoms with Crippen molar-refractivity contribution in [1.82, 2.24) is 4.31 Å². The minimum Gasteiger partial charge on any atom is -0.466 e. The molecule has 0 aromatic heterocycles. The van der Waals surface area contributed by atoms with Gasteiger partial charge in [-0.2, -0.15) is 17.5 Å². The molecule has 9 heteroatoms. The third-order valence-corrected chi connectivity index (χ3v) is 7.33. The number of halogens is 3. The monoisotopic (exact) mass is 455 g/mol. The fourth-order valence-electron chi connectivity index (χ4n) is 3.66. The summed E-state index contributed by atoms with van der Waals surface area (Å²) >= 11 is 0. The Labute approximate surface area is 179 Å². The molecule has 5 nitrogen and oxygen atoms in total. The van der Waals surface area contributed by atoms with Crippen LogP contribution in [0.3, 0.4) is 0 Å². The molecule has 0 N–H and O–H groups in total. The van der Waals surface area contributed by atoms with Gasteiger partial charge in [0, 0.05) is 6.54 Å². The molecule has 1 heterocycles. The van der Waals surface area contributed by atoms with E-state index in [9.17, 15) is 26.4 Å². The van der Waals surface area contributed by atoms with Crippen molar-refractivity contribution in [2.75, 3.05) is 6.61 Å². The third kappa shape index (κ3) is 4.93. The second-order valence-corrected chi connectivity index (χ2v) is 9.36. The maximum absolute atomic E-state index is 13.3. The van der Waals surface area contributed by atoms with E-state index in [4.69, 9.17) is 4.74 Å². The number of alkyl halides is 3. The number of esters is 1. The molecule has 1 aliphatic heterocycles. The molecule has 2 aromatic rings. The Balaban J connectivity index is 1.92. The summed E-state index contributed by atoms with van der Waals surface area (Å²) in [4.78, 5) is 12.5. The molecule has 1 unspecified atom stereocenters. The largest absolute Gasteiger partial charge is 0.466 e. The van der Waals surface area contributed by atoms with Crippen LogP contribution < -0.4 is 0 Å². The van der Waals surface area contributed by atoms with Crippen LogP contribution in [0.25, 0.3) is 0 Å². The third-order valence-electron chi connectivity index (χ3n) is 5.26. The number of fused-ring (bicyclic) bond motifs is 1. The van der Waals surface area contributed by atoms with Crippen molar-refractivity contribution < 1.29 is 31.1 Å². The Morgan fingerprint density at radius 2 is 1.81 bits per heavy atom. The van der Waals surface area contributed by atoms with Gasteiger partial charge >= 0.3 is 12.1 Å². The molecule has 0 amide bonds. The van der Waals surface area contributed by atoms with Gasteiger partial charge in [-0.3, -0.25) is 4.79 Å². The number of sulfonamides is 1. The Bertz CT molecular complexity index is 1050. The molecule has 1 atom stereocenters. The van der Waals surface area contributed by atoms with E-state index < -0.39 is 33.8 Å². The van der Waals surface area contributed by atoms with E-state index in [1.807, 2.05) is 6.92 Å². The fourth-order valence-corrected chi connectivity index (χ4v) is 5.72. The van der Waals surface area contributed by atoms with Crippen molar-refractivity contribution in [3.8, 4) is 0 Å². The van der Waals surface area contributed by atoms with Crippen molar-refractivity contribution in [3.05, 3.63) is 64.7 Å². The zero-order valence-electron chi connectivity index (χ0n) is 17.3. The fraction of sp³-hybridized carbons (Fsp3) is 0.409. The average Bonchev–Trinajstić information content (AvgIpc) is 2.90. The summed E-state index contributed by atoms with van der Waals surface area (Å²) in [5, 5.41) is 0. The lowest BCUT2D eigenvalue weighted by Crippen LogP contribution is -2.30. The smallest absolute Gasteiger partial charge is 0.416 e. The zero-order valence-corrected chi connectivity index (χ0v) is 18.1. The highest BCUT2D eigenvalue weighted by molar-refractivity contribution is 7.89. The van der Waals surface area contributed by atoms with Crippen LogP contribution in [0.4, 0.5) is 13.2 Å². The van der Waals surface area contributed by atoms with Crippen LogP contribution >= 0.6 is 0 Å². The summed E-state index contributed by atoms with van der Waals surface area (Å²) in [6.07, 6.45) is -3.08. The first-order chi connectivity index (χ1) is 14.6. The summed E-state index contributed by atoms with van der Waals surface area (Å²) in [6.45, 7) is 3.74. The second-order valence-electron chi connectivity index (χ2n) is 7.53. The van der Waals surface area contributed by atoms with Crippen molar-refractivity contribution in [1.29, 1.82) is 0 Å². The van der Waals surface area contributed by atoms with Crippen LogP contribution in [0.15, 0.2) is 47.4 Å². The van der Waals surface area contributed by atoms with Crippen molar-refractivity contribution in [2.24, 2.45) is 0 Å². The normalized spacial score (nSPS) is 18.0. The number of ether oxygens (including phenoxy) is 1. The average molecular weight is 455 g/mol. The van der Waals surface area contributed by atoms with Crippen LogP contribution in [0.1, 0.15) is 54.5 Å². The van der Waals surface area contributed by atoms with Gasteiger partial charge in [-0.25, -0.2) is 8.42 Å². The predicted octanol–water partition coefficient (Wildman–Crippen LogP) is 4.99. The minimum atomic E-state index is -4.48. The van der Waals surface area contributed by atoms with E-state index in [1.54, 1.807) is 25.1 Å². The highest BCUT2D eigenvalue weighted by Crippen LogP contribution is 2.44. The maximum Gasteiger partial charge on any atom is 0.416 e. The molecule has 0 saturated carbocycles. The molecule has 3 rings (SSSR count). The molecular weight excluding hydrogens is 431 g/mol. The molecule has 0 bridgehead atoms. The number of hydrogen-bond acceptors (Lipinski definition) is 4. The van der Waals surface area contributed by atoms with Gasteiger partial charge in [-0.15, -0.1) is 0 Å². The number of unbranched alkanes of at least 4 members (excludes halogenated alkanes) is 1. The van der Waals surface area contributed by atoms with Gasteiger partial charge in [-0.1, -0.05) is 43.7 Å². The molecule has 168 valence electrons. The standard InChI is InChI=1S/C22H24F3NO4S/c1-3-4-12-30-20(27)13-19-18-7-5-6-15(2)21(18)31(28,29)26(19)14-16-8-10-17(11-9-16)22(23,24)25/h5-11,19H,3-4,12-14H2,1-2H3. The Hall–Kier alpha value is -2.39. The number of carbonyl (C=O) groups is 1. The van der Waals surface area contributed by atoms with Crippen LogP contribution in [-0.2, 0) is 32.3 Å². The topological polar surface area (TPSA) is 63.7 Å². The number of rotatable bonds is 7. The first-order valence-corrected chi connectivity index (χ1v) is 11.4. The van der Waals surface area contributed by atoms with E-state index in [2.05, 4.69) is 0 Å². The highest BCUT2D eigenvalue weighted by atomic mass is 32.2. The predicted molar refractivity (Wildman–Crippen MR) is 109 cm³/mol. The second kappa shape index (κ2) is 9.00. The molecule has 0 radical (unpaired) electrons. The SMILES string of the molecule is CCCCOC(=O)CC1c2cccc(C)c2S(=O)(=O)N1Cc1ccc(C(F)(F)F)cc1. The lowest BCUT2D eigenvalue weighted by molar-refractivity contribution is -0.145. The van der Waals surface area contributed by atoms with Gasteiger partial charge in [0.05, 0.1) is 29.5 Å². The van der Waals surface area contributed by atoms with E-state index in [0.29, 0.717) is 23.1 Å². The number of benzene rings is 2. The van der Waals surface area contributed by atoms with E-state index in [1.165, 1.54) is 16.4 Å². The van der Waals surface area contributed by atoms with Gasteiger partial charge in [0.15, 0.2) is 0 Å². The number of nitrogens with zero attached hydrogens (tertiary/aromatic N) is 1. The van der Waals surface area contributed by atoms with E-state index in [0.717, 1.165) is 18.6 Å². The first kappa shape index (κ1) is 23.3. The van der Waals surface area contributed by atoms with Crippen LogP contribution in [0, 0.1) is 6.92 Å². The number of carbonyl (C=O) groups excluding carboxylic acids is 1. The molecular formula is C22H24F3NO4S. The van der Waals surface area contributed by atoms with Crippen LogP contribution in [-0.4, -0.2) is 25.3 Å². The summed E-state index contributed by atoms with van der Waals surface area (Å²) in [5.74, 6) is -0.513. The maximum atomic E-state index is 13.3.